The topological polar surface area (TPSA) is 64.8 Å². The number of nitro groups is 1. The summed E-state index contributed by atoms with van der Waals surface area (Å²) in [7, 11) is 0. The molecule has 1 saturated heterocycles. The Labute approximate surface area is 128 Å². The van der Waals surface area contributed by atoms with Crippen LogP contribution in [0.5, 0.6) is 5.75 Å². The van der Waals surface area contributed by atoms with Gasteiger partial charge >= 0.3 is 0 Å². The van der Waals surface area contributed by atoms with Crippen molar-refractivity contribution in [3.05, 3.63) is 33.3 Å². The summed E-state index contributed by atoms with van der Waals surface area (Å²) < 4.78 is 11.3. The fourth-order valence-corrected chi connectivity index (χ4v) is 2.38. The molecular weight excluding hydrogens is 296 g/mol. The van der Waals surface area contributed by atoms with Gasteiger partial charge in [0.1, 0.15) is 18.5 Å². The molecule has 0 amide bonds. The van der Waals surface area contributed by atoms with Crippen molar-refractivity contribution in [2.24, 2.45) is 0 Å². The highest BCUT2D eigenvalue weighted by Gasteiger charge is 2.23. The van der Waals surface area contributed by atoms with E-state index in [4.69, 9.17) is 21.1 Å². The Balaban J connectivity index is 1.96. The van der Waals surface area contributed by atoms with Crippen molar-refractivity contribution in [1.29, 1.82) is 0 Å². The first-order valence-corrected chi connectivity index (χ1v) is 7.27. The average molecular weight is 315 g/mol. The first kappa shape index (κ1) is 16.0. The molecule has 0 aromatic heterocycles. The van der Waals surface area contributed by atoms with Crippen LogP contribution in [0.15, 0.2) is 18.2 Å². The van der Waals surface area contributed by atoms with Gasteiger partial charge in [-0.05, 0) is 19.9 Å². The van der Waals surface area contributed by atoms with Crippen LogP contribution in [0.4, 0.5) is 5.69 Å². The van der Waals surface area contributed by atoms with Crippen LogP contribution < -0.4 is 4.74 Å². The van der Waals surface area contributed by atoms with Crippen molar-refractivity contribution in [3.8, 4) is 5.75 Å². The molecule has 0 aliphatic carbocycles. The van der Waals surface area contributed by atoms with Crippen molar-refractivity contribution in [2.75, 3.05) is 26.3 Å². The number of nitrogens with zero attached hydrogens (tertiary/aromatic N) is 2. The molecule has 1 atom stereocenters. The van der Waals surface area contributed by atoms with Crippen molar-refractivity contribution < 1.29 is 14.4 Å². The zero-order chi connectivity index (χ0) is 15.4. The summed E-state index contributed by atoms with van der Waals surface area (Å²) in [5.74, 6) is 0.316. The second-order valence-electron chi connectivity index (χ2n) is 5.26. The summed E-state index contributed by atoms with van der Waals surface area (Å²) in [6.07, 6.45) is -0.0588. The standard InChI is InChI=1S/C14H19ClN2O4/c1-10(2)16-5-6-20-12(8-16)9-21-14-7-11(17(18)19)3-4-13(14)15/h3-4,7,10,12H,5-6,8-9H2,1-2H3. The van der Waals surface area contributed by atoms with Crippen LogP contribution in [0.3, 0.4) is 0 Å². The molecule has 0 radical (unpaired) electrons. The minimum Gasteiger partial charge on any atom is -0.489 e. The normalized spacial score (nSPS) is 19.7. The van der Waals surface area contributed by atoms with E-state index in [1.165, 1.54) is 18.2 Å². The number of rotatable bonds is 5. The lowest BCUT2D eigenvalue weighted by Gasteiger charge is -2.35. The lowest BCUT2D eigenvalue weighted by Crippen LogP contribution is -2.47. The Kier molecular flexibility index (Phi) is 5.39. The lowest BCUT2D eigenvalue weighted by atomic mass is 10.2. The molecule has 2 rings (SSSR count). The summed E-state index contributed by atoms with van der Waals surface area (Å²) in [5, 5.41) is 11.1. The third kappa shape index (κ3) is 4.30. The maximum Gasteiger partial charge on any atom is 0.273 e. The predicted octanol–water partition coefficient (Wildman–Crippen LogP) is 2.74. The molecule has 0 spiro atoms. The summed E-state index contributed by atoms with van der Waals surface area (Å²) in [4.78, 5) is 12.6. The maximum absolute atomic E-state index is 10.8. The monoisotopic (exact) mass is 314 g/mol. The minimum absolute atomic E-state index is 0.0391. The highest BCUT2D eigenvalue weighted by atomic mass is 35.5. The van der Waals surface area contributed by atoms with Crippen molar-refractivity contribution in [2.45, 2.75) is 26.0 Å². The Morgan fingerprint density at radius 3 is 3.00 bits per heavy atom. The molecule has 1 fully saturated rings. The quantitative estimate of drug-likeness (QED) is 0.617. The Bertz CT molecular complexity index is 510. The maximum atomic E-state index is 10.8. The van der Waals surface area contributed by atoms with Gasteiger partial charge < -0.3 is 9.47 Å². The number of nitro benzene ring substituents is 1. The zero-order valence-electron chi connectivity index (χ0n) is 12.1. The van der Waals surface area contributed by atoms with Gasteiger partial charge in [0.05, 0.1) is 22.6 Å². The summed E-state index contributed by atoms with van der Waals surface area (Å²) in [6.45, 7) is 6.95. The van der Waals surface area contributed by atoms with Gasteiger partial charge in [-0.25, -0.2) is 0 Å². The van der Waals surface area contributed by atoms with Gasteiger partial charge in [0.2, 0.25) is 0 Å². The van der Waals surface area contributed by atoms with Gasteiger partial charge in [-0.15, -0.1) is 0 Å². The highest BCUT2D eigenvalue weighted by Crippen LogP contribution is 2.29. The van der Waals surface area contributed by atoms with Crippen LogP contribution in [-0.4, -0.2) is 48.3 Å². The van der Waals surface area contributed by atoms with Crippen molar-refractivity contribution in [1.82, 2.24) is 4.90 Å². The van der Waals surface area contributed by atoms with E-state index >= 15 is 0 Å². The Morgan fingerprint density at radius 2 is 2.33 bits per heavy atom. The summed E-state index contributed by atoms with van der Waals surface area (Å²) in [6, 6.07) is 4.62. The molecule has 1 aromatic rings. The molecule has 116 valence electrons. The Hall–Kier alpha value is -1.37. The fraction of sp³-hybridized carbons (Fsp3) is 0.571. The van der Waals surface area contributed by atoms with Gasteiger partial charge in [0.25, 0.3) is 5.69 Å². The number of hydrogen-bond acceptors (Lipinski definition) is 5. The van der Waals surface area contributed by atoms with E-state index in [2.05, 4.69) is 18.7 Å². The lowest BCUT2D eigenvalue weighted by molar-refractivity contribution is -0.384. The molecule has 7 heteroatoms. The molecule has 0 saturated carbocycles. The number of halogens is 1. The number of benzene rings is 1. The SMILES string of the molecule is CC(C)N1CCOC(COc2cc([N+](=O)[O-])ccc2Cl)C1. The molecule has 1 unspecified atom stereocenters. The van der Waals surface area contributed by atoms with Gasteiger partial charge in [0, 0.05) is 25.2 Å². The van der Waals surface area contributed by atoms with E-state index in [0.29, 0.717) is 30.0 Å². The molecule has 6 nitrogen and oxygen atoms in total. The summed E-state index contributed by atoms with van der Waals surface area (Å²) >= 11 is 6.00. The van der Waals surface area contributed by atoms with Crippen LogP contribution >= 0.6 is 11.6 Å². The number of non-ortho nitro benzene ring substituents is 1. The predicted molar refractivity (Wildman–Crippen MR) is 80.1 cm³/mol. The van der Waals surface area contributed by atoms with Crippen LogP contribution in [0.25, 0.3) is 0 Å². The molecule has 1 aliphatic heterocycles. The van der Waals surface area contributed by atoms with Crippen LogP contribution in [0.1, 0.15) is 13.8 Å². The van der Waals surface area contributed by atoms with Gasteiger partial charge in [0.15, 0.2) is 0 Å². The van der Waals surface area contributed by atoms with Crippen molar-refractivity contribution in [3.63, 3.8) is 0 Å². The van der Waals surface area contributed by atoms with E-state index in [-0.39, 0.29) is 11.8 Å². The van der Waals surface area contributed by atoms with Crippen molar-refractivity contribution >= 4 is 17.3 Å². The molecule has 1 aliphatic rings. The second-order valence-corrected chi connectivity index (χ2v) is 5.67. The van der Waals surface area contributed by atoms with Crippen LogP contribution in [0, 0.1) is 10.1 Å². The molecule has 0 bridgehead atoms. The largest absolute Gasteiger partial charge is 0.489 e. The van der Waals surface area contributed by atoms with Gasteiger partial charge in [-0.3, -0.25) is 15.0 Å². The van der Waals surface area contributed by atoms with E-state index in [9.17, 15) is 10.1 Å². The van der Waals surface area contributed by atoms with Gasteiger partial charge in [-0.2, -0.15) is 0 Å². The molecular formula is C14H19ClN2O4. The number of ether oxygens (including phenoxy) is 2. The third-order valence-corrected chi connectivity index (χ3v) is 3.76. The highest BCUT2D eigenvalue weighted by molar-refractivity contribution is 6.32. The van der Waals surface area contributed by atoms with Crippen LogP contribution in [0.2, 0.25) is 5.02 Å². The minimum atomic E-state index is -0.471. The van der Waals surface area contributed by atoms with E-state index in [1.54, 1.807) is 0 Å². The fourth-order valence-electron chi connectivity index (χ4n) is 2.21. The third-order valence-electron chi connectivity index (χ3n) is 3.45. The first-order chi connectivity index (χ1) is 9.97. The second kappa shape index (κ2) is 7.06. The van der Waals surface area contributed by atoms with Gasteiger partial charge in [-0.1, -0.05) is 11.6 Å². The first-order valence-electron chi connectivity index (χ1n) is 6.89. The smallest absolute Gasteiger partial charge is 0.273 e. The number of morpholine rings is 1. The van der Waals surface area contributed by atoms with E-state index < -0.39 is 4.92 Å². The summed E-state index contributed by atoms with van der Waals surface area (Å²) in [5.41, 5.74) is -0.0391. The van der Waals surface area contributed by atoms with E-state index in [0.717, 1.165) is 13.1 Å². The molecule has 1 heterocycles. The van der Waals surface area contributed by atoms with Crippen LogP contribution in [-0.2, 0) is 4.74 Å². The average Bonchev–Trinajstić information content (AvgIpc) is 2.46. The Morgan fingerprint density at radius 1 is 1.57 bits per heavy atom. The molecule has 21 heavy (non-hydrogen) atoms. The molecule has 0 N–H and O–H groups in total. The zero-order valence-corrected chi connectivity index (χ0v) is 12.9. The number of hydrogen-bond donors (Lipinski definition) is 0. The van der Waals surface area contributed by atoms with E-state index in [1.807, 2.05) is 0 Å². The molecule has 1 aromatic carbocycles.